The maximum Gasteiger partial charge on any atom is 0.326 e. The van der Waals surface area contributed by atoms with E-state index in [1.807, 2.05) is 0 Å². The van der Waals surface area contributed by atoms with Crippen molar-refractivity contribution in [1.29, 1.82) is 0 Å². The van der Waals surface area contributed by atoms with E-state index in [0.717, 1.165) is 6.26 Å². The van der Waals surface area contributed by atoms with Gasteiger partial charge in [-0.15, -0.1) is 0 Å². The molecular weight excluding hydrogens is 234 g/mol. The fourth-order valence-corrected chi connectivity index (χ4v) is 1.49. The molecule has 0 heterocycles. The number of carboxylic acids is 1. The quantitative estimate of drug-likeness (QED) is 0.680. The first kappa shape index (κ1) is 14.9. The Morgan fingerprint density at radius 1 is 1.38 bits per heavy atom. The van der Waals surface area contributed by atoms with Crippen LogP contribution in [0.1, 0.15) is 26.7 Å². The Labute approximate surface area is 95.0 Å². The van der Waals surface area contributed by atoms with E-state index in [9.17, 15) is 18.0 Å². The maximum atomic E-state index is 11.4. The third-order valence-corrected chi connectivity index (χ3v) is 3.70. The van der Waals surface area contributed by atoms with Crippen molar-refractivity contribution >= 4 is 21.7 Å². The number of sulfone groups is 1. The molecule has 0 aromatic carbocycles. The smallest absolute Gasteiger partial charge is 0.326 e. The van der Waals surface area contributed by atoms with Gasteiger partial charge in [0.1, 0.15) is 11.3 Å². The summed E-state index contributed by atoms with van der Waals surface area (Å²) < 4.78 is 22.1. The number of carboxylic acid groups (broad SMARTS) is 1. The Morgan fingerprint density at radius 3 is 2.19 bits per heavy atom. The van der Waals surface area contributed by atoms with E-state index < -0.39 is 33.0 Å². The molecule has 6 nitrogen and oxygen atoms in total. The highest BCUT2D eigenvalue weighted by Crippen LogP contribution is 2.02. The molecule has 0 aliphatic carbocycles. The van der Waals surface area contributed by atoms with Crippen LogP contribution in [0.4, 0.5) is 0 Å². The predicted octanol–water partition coefficient (Wildman–Crippen LogP) is -0.211. The molecule has 0 spiro atoms. The molecule has 2 atom stereocenters. The molecule has 0 rings (SSSR count). The number of carbonyl (C=O) groups excluding carboxylic acids is 1. The lowest BCUT2D eigenvalue weighted by molar-refractivity contribution is -0.141. The molecule has 94 valence electrons. The first-order chi connectivity index (χ1) is 7.20. The summed E-state index contributed by atoms with van der Waals surface area (Å²) in [7, 11) is -3.49. The topological polar surface area (TPSA) is 101 Å². The van der Waals surface area contributed by atoms with Gasteiger partial charge in [0, 0.05) is 6.26 Å². The van der Waals surface area contributed by atoms with Gasteiger partial charge < -0.3 is 10.4 Å². The molecule has 0 radical (unpaired) electrons. The highest BCUT2D eigenvalue weighted by atomic mass is 32.2. The zero-order chi connectivity index (χ0) is 12.9. The van der Waals surface area contributed by atoms with E-state index in [1.165, 1.54) is 6.92 Å². The van der Waals surface area contributed by atoms with E-state index in [-0.39, 0.29) is 6.42 Å². The number of rotatable bonds is 6. The molecule has 1 unspecified atom stereocenters. The zero-order valence-electron chi connectivity index (χ0n) is 9.56. The van der Waals surface area contributed by atoms with E-state index >= 15 is 0 Å². The lowest BCUT2D eigenvalue weighted by Gasteiger charge is -2.16. The zero-order valence-corrected chi connectivity index (χ0v) is 10.4. The minimum atomic E-state index is -3.49. The van der Waals surface area contributed by atoms with Crippen molar-refractivity contribution in [3.63, 3.8) is 0 Å². The van der Waals surface area contributed by atoms with Gasteiger partial charge in [-0.3, -0.25) is 4.79 Å². The predicted molar refractivity (Wildman–Crippen MR) is 58.8 cm³/mol. The van der Waals surface area contributed by atoms with Gasteiger partial charge in [-0.05, 0) is 13.3 Å². The largest absolute Gasteiger partial charge is 0.480 e. The molecule has 0 saturated heterocycles. The van der Waals surface area contributed by atoms with Crippen LogP contribution in [-0.4, -0.2) is 42.9 Å². The Morgan fingerprint density at radius 2 is 1.88 bits per heavy atom. The first-order valence-electron chi connectivity index (χ1n) is 4.92. The monoisotopic (exact) mass is 251 g/mol. The van der Waals surface area contributed by atoms with Gasteiger partial charge >= 0.3 is 5.97 Å². The van der Waals surface area contributed by atoms with E-state index in [0.29, 0.717) is 6.42 Å². The second-order valence-electron chi connectivity index (χ2n) is 3.66. The molecule has 7 heteroatoms. The van der Waals surface area contributed by atoms with Gasteiger partial charge in [-0.2, -0.15) is 0 Å². The molecule has 2 N–H and O–H groups in total. The lowest BCUT2D eigenvalue weighted by Crippen LogP contribution is -2.46. The van der Waals surface area contributed by atoms with Crippen molar-refractivity contribution in [2.75, 3.05) is 6.26 Å². The second-order valence-corrected chi connectivity index (χ2v) is 6.03. The Balaban J connectivity index is 4.59. The number of nitrogens with one attached hydrogen (secondary N) is 1. The molecular formula is C9H17NO5S. The summed E-state index contributed by atoms with van der Waals surface area (Å²) >= 11 is 0. The van der Waals surface area contributed by atoms with Crippen LogP contribution in [0.15, 0.2) is 0 Å². The third-order valence-electron chi connectivity index (χ3n) is 2.20. The van der Waals surface area contributed by atoms with Crippen LogP contribution in [0, 0.1) is 0 Å². The van der Waals surface area contributed by atoms with Gasteiger partial charge in [0.25, 0.3) is 0 Å². The minimum Gasteiger partial charge on any atom is -0.480 e. The number of aliphatic carboxylic acids is 1. The van der Waals surface area contributed by atoms with Crippen molar-refractivity contribution in [3.8, 4) is 0 Å². The normalized spacial score (nSPS) is 15.2. The molecule has 0 fully saturated rings. The van der Waals surface area contributed by atoms with Crippen molar-refractivity contribution in [2.45, 2.75) is 38.0 Å². The Kier molecular flexibility index (Phi) is 5.43. The average Bonchev–Trinajstić information content (AvgIpc) is 2.14. The number of hydrogen-bond donors (Lipinski definition) is 2. The highest BCUT2D eigenvalue weighted by molar-refractivity contribution is 7.92. The van der Waals surface area contributed by atoms with Crippen molar-refractivity contribution in [1.82, 2.24) is 5.32 Å². The van der Waals surface area contributed by atoms with Crippen LogP contribution in [0.5, 0.6) is 0 Å². The fraction of sp³-hybridized carbons (Fsp3) is 0.778. The summed E-state index contributed by atoms with van der Waals surface area (Å²) in [6.07, 6.45) is 1.80. The fourth-order valence-electron chi connectivity index (χ4n) is 1.03. The van der Waals surface area contributed by atoms with Crippen molar-refractivity contribution < 1.29 is 23.1 Å². The summed E-state index contributed by atoms with van der Waals surface area (Å²) in [5, 5.41) is 9.75. The van der Waals surface area contributed by atoms with E-state index in [4.69, 9.17) is 5.11 Å². The Bertz CT molecular complexity index is 362. The maximum absolute atomic E-state index is 11.4. The van der Waals surface area contributed by atoms with Crippen molar-refractivity contribution in [3.05, 3.63) is 0 Å². The molecule has 0 saturated carbocycles. The molecule has 1 amide bonds. The molecule has 0 aromatic rings. The summed E-state index contributed by atoms with van der Waals surface area (Å²) in [6.45, 7) is 3.01. The van der Waals surface area contributed by atoms with Gasteiger partial charge in [0.05, 0.1) is 0 Å². The van der Waals surface area contributed by atoms with Crippen LogP contribution >= 0.6 is 0 Å². The van der Waals surface area contributed by atoms with Gasteiger partial charge in [-0.1, -0.05) is 13.3 Å². The van der Waals surface area contributed by atoms with Crippen molar-refractivity contribution in [2.24, 2.45) is 0 Å². The molecule has 0 aliphatic heterocycles. The third kappa shape index (κ3) is 4.61. The number of carbonyl (C=O) groups is 2. The van der Waals surface area contributed by atoms with E-state index in [2.05, 4.69) is 5.32 Å². The van der Waals surface area contributed by atoms with Crippen LogP contribution in [0.3, 0.4) is 0 Å². The summed E-state index contributed by atoms with van der Waals surface area (Å²) in [5.74, 6) is -1.93. The van der Waals surface area contributed by atoms with Crippen LogP contribution in [-0.2, 0) is 19.4 Å². The molecule has 0 bridgehead atoms. The van der Waals surface area contributed by atoms with Crippen LogP contribution < -0.4 is 5.32 Å². The molecule has 16 heavy (non-hydrogen) atoms. The van der Waals surface area contributed by atoms with Crippen LogP contribution in [0.25, 0.3) is 0 Å². The number of hydrogen-bond acceptors (Lipinski definition) is 4. The molecule has 0 aromatic heterocycles. The molecule has 0 aliphatic rings. The minimum absolute atomic E-state index is 0.275. The first-order valence-corrected chi connectivity index (χ1v) is 6.87. The average molecular weight is 251 g/mol. The number of amides is 1. The Hall–Kier alpha value is -1.11. The van der Waals surface area contributed by atoms with Gasteiger partial charge in [0.2, 0.25) is 5.91 Å². The highest BCUT2D eigenvalue weighted by Gasteiger charge is 2.27. The second kappa shape index (κ2) is 5.83. The van der Waals surface area contributed by atoms with Crippen LogP contribution in [0.2, 0.25) is 0 Å². The van der Waals surface area contributed by atoms with E-state index in [1.54, 1.807) is 6.92 Å². The van der Waals surface area contributed by atoms with Gasteiger partial charge in [-0.25, -0.2) is 13.2 Å². The SMILES string of the molecule is CCC[C@@H](NC(=O)C(C)S(C)(=O)=O)C(=O)O. The standard InChI is InChI=1S/C9H17NO5S/c1-4-5-7(9(12)13)10-8(11)6(2)16(3,14)15/h6-7H,4-5H2,1-3H3,(H,10,11)(H,12,13)/t6?,7-/m1/s1. The summed E-state index contributed by atoms with van der Waals surface area (Å²) in [5.41, 5.74) is 0. The summed E-state index contributed by atoms with van der Waals surface area (Å²) in [6, 6.07) is -1.03. The lowest BCUT2D eigenvalue weighted by atomic mass is 10.1. The van der Waals surface area contributed by atoms with Gasteiger partial charge in [0.15, 0.2) is 9.84 Å². The summed E-state index contributed by atoms with van der Waals surface area (Å²) in [4.78, 5) is 22.2.